The van der Waals surface area contributed by atoms with Gasteiger partial charge in [0.2, 0.25) is 5.91 Å². The average Bonchev–Trinajstić information content (AvgIpc) is 2.70. The highest BCUT2D eigenvalue weighted by molar-refractivity contribution is 5.93. The first kappa shape index (κ1) is 12.1. The van der Waals surface area contributed by atoms with Crippen LogP contribution in [0.15, 0.2) is 18.2 Å². The van der Waals surface area contributed by atoms with Gasteiger partial charge in [-0.1, -0.05) is 19.1 Å². The van der Waals surface area contributed by atoms with Crippen molar-refractivity contribution in [3.05, 3.63) is 29.3 Å². The van der Waals surface area contributed by atoms with Crippen molar-refractivity contribution in [3.8, 4) is 0 Å². The van der Waals surface area contributed by atoms with Gasteiger partial charge in [-0.2, -0.15) is 0 Å². The minimum Gasteiger partial charge on any atom is -0.326 e. The van der Waals surface area contributed by atoms with Crippen molar-refractivity contribution in [2.24, 2.45) is 11.8 Å². The van der Waals surface area contributed by atoms with E-state index in [1.807, 2.05) is 26.0 Å². The van der Waals surface area contributed by atoms with Crippen molar-refractivity contribution in [2.45, 2.75) is 20.8 Å². The Balaban J connectivity index is 2.10. The summed E-state index contributed by atoms with van der Waals surface area (Å²) < 4.78 is 0. The third-order valence-corrected chi connectivity index (χ3v) is 3.51. The third kappa shape index (κ3) is 2.67. The number of benzene rings is 1. The Bertz CT molecular complexity index is 428. The zero-order valence-electron chi connectivity index (χ0n) is 10.7. The molecule has 3 nitrogen and oxygen atoms in total. The molecule has 1 aromatic carbocycles. The summed E-state index contributed by atoms with van der Waals surface area (Å²) in [5.41, 5.74) is 3.22. The number of amides is 1. The monoisotopic (exact) mass is 232 g/mol. The predicted molar refractivity (Wildman–Crippen MR) is 70.1 cm³/mol. The van der Waals surface area contributed by atoms with Crippen LogP contribution in [0.3, 0.4) is 0 Å². The van der Waals surface area contributed by atoms with E-state index in [1.165, 1.54) is 5.56 Å². The van der Waals surface area contributed by atoms with Crippen LogP contribution in [0.4, 0.5) is 5.69 Å². The second kappa shape index (κ2) is 4.88. The van der Waals surface area contributed by atoms with Crippen LogP contribution in [-0.2, 0) is 4.79 Å². The summed E-state index contributed by atoms with van der Waals surface area (Å²) in [5, 5.41) is 6.30. The first-order valence-corrected chi connectivity index (χ1v) is 6.17. The quantitative estimate of drug-likeness (QED) is 0.820. The van der Waals surface area contributed by atoms with Gasteiger partial charge in [-0.05, 0) is 43.5 Å². The smallest absolute Gasteiger partial charge is 0.229 e. The zero-order chi connectivity index (χ0) is 12.4. The average molecular weight is 232 g/mol. The van der Waals surface area contributed by atoms with E-state index < -0.39 is 0 Å². The lowest BCUT2D eigenvalue weighted by molar-refractivity contribution is -0.120. The first-order valence-electron chi connectivity index (χ1n) is 6.17. The molecular weight excluding hydrogens is 212 g/mol. The molecular formula is C14H20N2O. The number of carbonyl (C=O) groups excluding carboxylic acids is 1. The van der Waals surface area contributed by atoms with Gasteiger partial charge < -0.3 is 10.6 Å². The molecule has 1 aromatic rings. The maximum Gasteiger partial charge on any atom is 0.229 e. The molecule has 1 heterocycles. The van der Waals surface area contributed by atoms with E-state index in [1.54, 1.807) is 0 Å². The van der Waals surface area contributed by atoms with E-state index in [2.05, 4.69) is 23.6 Å². The molecule has 2 N–H and O–H groups in total. The summed E-state index contributed by atoms with van der Waals surface area (Å²) in [4.78, 5) is 12.1. The molecule has 0 saturated carbocycles. The van der Waals surface area contributed by atoms with Crippen molar-refractivity contribution in [2.75, 3.05) is 18.4 Å². The molecule has 17 heavy (non-hydrogen) atoms. The van der Waals surface area contributed by atoms with Crippen LogP contribution in [0.25, 0.3) is 0 Å². The highest BCUT2D eigenvalue weighted by atomic mass is 16.1. The Morgan fingerprint density at radius 2 is 2.12 bits per heavy atom. The first-order chi connectivity index (χ1) is 8.08. The van der Waals surface area contributed by atoms with E-state index in [0.717, 1.165) is 24.3 Å². The molecule has 1 saturated heterocycles. The molecule has 92 valence electrons. The van der Waals surface area contributed by atoms with E-state index in [-0.39, 0.29) is 11.8 Å². The van der Waals surface area contributed by atoms with Crippen LogP contribution in [-0.4, -0.2) is 19.0 Å². The number of hydrogen-bond donors (Lipinski definition) is 2. The molecule has 1 aliphatic rings. The van der Waals surface area contributed by atoms with E-state index in [9.17, 15) is 4.79 Å². The van der Waals surface area contributed by atoms with Crippen LogP contribution in [0.5, 0.6) is 0 Å². The summed E-state index contributed by atoms with van der Waals surface area (Å²) in [6.07, 6.45) is 0. The van der Waals surface area contributed by atoms with Crippen LogP contribution < -0.4 is 10.6 Å². The molecule has 1 fully saturated rings. The van der Waals surface area contributed by atoms with Crippen LogP contribution >= 0.6 is 0 Å². The Morgan fingerprint density at radius 1 is 1.35 bits per heavy atom. The van der Waals surface area contributed by atoms with Crippen LogP contribution in [0, 0.1) is 25.7 Å². The zero-order valence-corrected chi connectivity index (χ0v) is 10.7. The van der Waals surface area contributed by atoms with Gasteiger partial charge in [-0.25, -0.2) is 0 Å². The maximum absolute atomic E-state index is 12.1. The normalized spacial score (nSPS) is 23.7. The van der Waals surface area contributed by atoms with Gasteiger partial charge in [0.15, 0.2) is 0 Å². The number of rotatable bonds is 2. The summed E-state index contributed by atoms with van der Waals surface area (Å²) in [6.45, 7) is 7.90. The van der Waals surface area contributed by atoms with Crippen molar-refractivity contribution in [1.82, 2.24) is 5.32 Å². The topological polar surface area (TPSA) is 41.1 Å². The molecule has 3 heteroatoms. The lowest BCUT2D eigenvalue weighted by Gasteiger charge is -2.15. The van der Waals surface area contributed by atoms with Gasteiger partial charge in [-0.3, -0.25) is 4.79 Å². The largest absolute Gasteiger partial charge is 0.326 e. The second-order valence-electron chi connectivity index (χ2n) is 5.05. The molecule has 0 unspecified atom stereocenters. The fraction of sp³-hybridized carbons (Fsp3) is 0.500. The molecule has 0 spiro atoms. The Labute approximate surface area is 103 Å². The second-order valence-corrected chi connectivity index (χ2v) is 5.05. The van der Waals surface area contributed by atoms with E-state index in [0.29, 0.717) is 5.92 Å². The van der Waals surface area contributed by atoms with Crippen molar-refractivity contribution in [3.63, 3.8) is 0 Å². The minimum atomic E-state index is 0.0925. The molecule has 0 aliphatic carbocycles. The standard InChI is InChI=1S/C14H20N2O/c1-9-4-5-10(2)13(6-9)16-14(17)12-8-15-7-11(12)3/h4-6,11-12,15H,7-8H2,1-3H3,(H,16,17)/t11-,12-/m1/s1. The van der Waals surface area contributed by atoms with E-state index in [4.69, 9.17) is 0 Å². The van der Waals surface area contributed by atoms with Crippen molar-refractivity contribution in [1.29, 1.82) is 0 Å². The fourth-order valence-electron chi connectivity index (χ4n) is 2.26. The molecule has 2 rings (SSSR count). The van der Waals surface area contributed by atoms with Gasteiger partial charge in [0.25, 0.3) is 0 Å². The van der Waals surface area contributed by atoms with Crippen molar-refractivity contribution >= 4 is 11.6 Å². The Hall–Kier alpha value is -1.35. The molecule has 0 radical (unpaired) electrons. The Kier molecular flexibility index (Phi) is 3.48. The molecule has 2 atom stereocenters. The molecule has 1 amide bonds. The Morgan fingerprint density at radius 3 is 2.76 bits per heavy atom. The highest BCUT2D eigenvalue weighted by Gasteiger charge is 2.29. The number of nitrogens with one attached hydrogen (secondary N) is 2. The van der Waals surface area contributed by atoms with Crippen LogP contribution in [0.1, 0.15) is 18.1 Å². The lowest BCUT2D eigenvalue weighted by atomic mass is 9.97. The summed E-state index contributed by atoms with van der Waals surface area (Å²) >= 11 is 0. The third-order valence-electron chi connectivity index (χ3n) is 3.51. The van der Waals surface area contributed by atoms with Crippen LogP contribution in [0.2, 0.25) is 0 Å². The maximum atomic E-state index is 12.1. The lowest BCUT2D eigenvalue weighted by Crippen LogP contribution is -2.28. The number of anilines is 1. The predicted octanol–water partition coefficient (Wildman–Crippen LogP) is 2.10. The highest BCUT2D eigenvalue weighted by Crippen LogP contribution is 2.21. The van der Waals surface area contributed by atoms with Gasteiger partial charge in [0.1, 0.15) is 0 Å². The summed E-state index contributed by atoms with van der Waals surface area (Å²) in [6, 6.07) is 6.13. The SMILES string of the molecule is Cc1ccc(C)c(NC(=O)[C@@H]2CNC[C@H]2C)c1. The molecule has 0 aromatic heterocycles. The number of hydrogen-bond acceptors (Lipinski definition) is 2. The molecule has 0 bridgehead atoms. The van der Waals surface area contributed by atoms with Gasteiger partial charge in [0.05, 0.1) is 5.92 Å². The summed E-state index contributed by atoms with van der Waals surface area (Å²) in [5.74, 6) is 0.645. The van der Waals surface area contributed by atoms with Crippen molar-refractivity contribution < 1.29 is 4.79 Å². The van der Waals surface area contributed by atoms with E-state index >= 15 is 0 Å². The van der Waals surface area contributed by atoms with Gasteiger partial charge in [0, 0.05) is 12.2 Å². The number of carbonyl (C=O) groups is 1. The van der Waals surface area contributed by atoms with Gasteiger partial charge in [-0.15, -0.1) is 0 Å². The fourth-order valence-corrected chi connectivity index (χ4v) is 2.26. The van der Waals surface area contributed by atoms with Gasteiger partial charge >= 0.3 is 0 Å². The molecule has 1 aliphatic heterocycles. The number of aryl methyl sites for hydroxylation is 2. The minimum absolute atomic E-state index is 0.0925. The summed E-state index contributed by atoms with van der Waals surface area (Å²) in [7, 11) is 0.